The number of para-hydroxylation sites is 2. The van der Waals surface area contributed by atoms with Gasteiger partial charge in [0.05, 0.1) is 10.2 Å². The predicted octanol–water partition coefficient (Wildman–Crippen LogP) is 3.16. The van der Waals surface area contributed by atoms with Crippen molar-refractivity contribution in [3.05, 3.63) is 47.5 Å². The number of hydrogen-bond donors (Lipinski definition) is 2. The lowest BCUT2D eigenvalue weighted by Crippen LogP contribution is -1.98. The third kappa shape index (κ3) is 2.32. The van der Waals surface area contributed by atoms with E-state index in [9.17, 15) is 5.11 Å². The molecule has 96 valence electrons. The Balaban J connectivity index is 1.80. The maximum Gasteiger partial charge on any atom is 0.146 e. The van der Waals surface area contributed by atoms with Crippen LogP contribution in [0.2, 0.25) is 0 Å². The lowest BCUT2D eigenvalue weighted by atomic mass is 10.3. The van der Waals surface area contributed by atoms with Gasteiger partial charge >= 0.3 is 0 Å². The Morgan fingerprint density at radius 1 is 1.16 bits per heavy atom. The first-order valence-corrected chi connectivity index (χ1v) is 6.60. The zero-order valence-electron chi connectivity index (χ0n) is 10.0. The first kappa shape index (κ1) is 11.8. The molecule has 0 unspecified atom stereocenters. The fraction of sp³-hybridized carbons (Fsp3) is 0.0714. The maximum atomic E-state index is 9.49. The second-order valence-electron chi connectivity index (χ2n) is 4.05. The van der Waals surface area contributed by atoms with Crippen LogP contribution >= 0.6 is 11.3 Å². The second kappa shape index (κ2) is 4.78. The number of hydrogen-bond acceptors (Lipinski definition) is 5. The molecule has 0 aliphatic heterocycles. The molecule has 3 N–H and O–H groups in total. The molecule has 0 fully saturated rings. The maximum absolute atomic E-state index is 9.49. The van der Waals surface area contributed by atoms with Crippen LogP contribution in [0.15, 0.2) is 42.5 Å². The SMILES string of the molecule is Nc1c(O)cccc1OCc1nc2ccccc2s1. The van der Waals surface area contributed by atoms with Crippen molar-refractivity contribution in [2.75, 3.05) is 5.73 Å². The third-order valence-electron chi connectivity index (χ3n) is 2.73. The number of nitrogens with zero attached hydrogens (tertiary/aromatic N) is 1. The standard InChI is InChI=1S/C14H12N2O2S/c15-14-10(17)5-3-6-11(14)18-8-13-16-9-4-1-2-7-12(9)19-13/h1-7,17H,8,15H2. The fourth-order valence-corrected chi connectivity index (χ4v) is 2.66. The number of anilines is 1. The van der Waals surface area contributed by atoms with Crippen LogP contribution in [0.5, 0.6) is 11.5 Å². The van der Waals surface area contributed by atoms with Gasteiger partial charge in [0.1, 0.15) is 28.8 Å². The Bertz CT molecular complexity index is 691. The molecular formula is C14H12N2O2S. The van der Waals surface area contributed by atoms with E-state index in [1.165, 1.54) is 6.07 Å². The third-order valence-corrected chi connectivity index (χ3v) is 3.74. The molecule has 19 heavy (non-hydrogen) atoms. The van der Waals surface area contributed by atoms with E-state index < -0.39 is 0 Å². The van der Waals surface area contributed by atoms with Crippen LogP contribution in [0.3, 0.4) is 0 Å². The number of nitrogens with two attached hydrogens (primary N) is 1. The van der Waals surface area contributed by atoms with Crippen LogP contribution < -0.4 is 10.5 Å². The van der Waals surface area contributed by atoms with Gasteiger partial charge in [-0.3, -0.25) is 0 Å². The van der Waals surface area contributed by atoms with Crippen molar-refractivity contribution in [2.24, 2.45) is 0 Å². The van der Waals surface area contributed by atoms with Crippen LogP contribution in [0.1, 0.15) is 5.01 Å². The zero-order chi connectivity index (χ0) is 13.2. The van der Waals surface area contributed by atoms with E-state index in [-0.39, 0.29) is 11.4 Å². The molecule has 3 aromatic rings. The van der Waals surface area contributed by atoms with Gasteiger partial charge in [0, 0.05) is 0 Å². The van der Waals surface area contributed by atoms with Crippen molar-refractivity contribution in [3.63, 3.8) is 0 Å². The Kier molecular flexibility index (Phi) is 2.97. The van der Waals surface area contributed by atoms with Crippen LogP contribution in [0, 0.1) is 0 Å². The molecule has 0 amide bonds. The van der Waals surface area contributed by atoms with E-state index in [2.05, 4.69) is 4.98 Å². The first-order chi connectivity index (χ1) is 9.24. The van der Waals surface area contributed by atoms with Crippen LogP contribution in [-0.4, -0.2) is 10.1 Å². The largest absolute Gasteiger partial charge is 0.506 e. The average molecular weight is 272 g/mol. The Hall–Kier alpha value is -2.27. The van der Waals surface area contributed by atoms with Gasteiger partial charge < -0.3 is 15.6 Å². The zero-order valence-corrected chi connectivity index (χ0v) is 10.9. The molecule has 0 spiro atoms. The average Bonchev–Trinajstić information content (AvgIpc) is 2.83. The number of phenolic OH excluding ortho intramolecular Hbond substituents is 1. The minimum Gasteiger partial charge on any atom is -0.506 e. The van der Waals surface area contributed by atoms with Crippen LogP contribution in [0.25, 0.3) is 10.2 Å². The summed E-state index contributed by atoms with van der Waals surface area (Å²) in [6.45, 7) is 0.340. The minimum absolute atomic E-state index is 0.0294. The van der Waals surface area contributed by atoms with Crippen molar-refractivity contribution < 1.29 is 9.84 Å². The Labute approximate surface area is 114 Å². The highest BCUT2D eigenvalue weighted by molar-refractivity contribution is 7.18. The van der Waals surface area contributed by atoms with Gasteiger partial charge in [-0.1, -0.05) is 18.2 Å². The highest BCUT2D eigenvalue weighted by Gasteiger charge is 2.07. The highest BCUT2D eigenvalue weighted by Crippen LogP contribution is 2.31. The van der Waals surface area contributed by atoms with E-state index in [0.717, 1.165) is 15.2 Å². The molecular weight excluding hydrogens is 260 g/mol. The number of ether oxygens (including phenoxy) is 1. The number of nitrogen functional groups attached to an aromatic ring is 1. The van der Waals surface area contributed by atoms with Crippen molar-refractivity contribution in [2.45, 2.75) is 6.61 Å². The lowest BCUT2D eigenvalue weighted by molar-refractivity contribution is 0.306. The molecule has 0 saturated heterocycles. The van der Waals surface area contributed by atoms with E-state index in [1.807, 2.05) is 24.3 Å². The molecule has 0 bridgehead atoms. The van der Waals surface area contributed by atoms with Gasteiger partial charge in [0.15, 0.2) is 0 Å². The summed E-state index contributed by atoms with van der Waals surface area (Å²) in [7, 11) is 0. The van der Waals surface area contributed by atoms with E-state index in [1.54, 1.807) is 23.5 Å². The Morgan fingerprint density at radius 2 is 2.00 bits per heavy atom. The number of fused-ring (bicyclic) bond motifs is 1. The van der Waals surface area contributed by atoms with E-state index in [0.29, 0.717) is 12.4 Å². The van der Waals surface area contributed by atoms with Crippen molar-refractivity contribution in [1.82, 2.24) is 4.98 Å². The number of aromatic nitrogens is 1. The second-order valence-corrected chi connectivity index (χ2v) is 5.17. The smallest absolute Gasteiger partial charge is 0.146 e. The lowest BCUT2D eigenvalue weighted by Gasteiger charge is -2.07. The van der Waals surface area contributed by atoms with Crippen LogP contribution in [-0.2, 0) is 6.61 Å². The summed E-state index contributed by atoms with van der Waals surface area (Å²) >= 11 is 1.59. The molecule has 0 aliphatic rings. The highest BCUT2D eigenvalue weighted by atomic mass is 32.1. The summed E-state index contributed by atoms with van der Waals surface area (Å²) in [5, 5.41) is 10.4. The summed E-state index contributed by atoms with van der Waals surface area (Å²) in [6, 6.07) is 12.9. The monoisotopic (exact) mass is 272 g/mol. The van der Waals surface area contributed by atoms with Gasteiger partial charge in [0.2, 0.25) is 0 Å². The van der Waals surface area contributed by atoms with Gasteiger partial charge in [-0.25, -0.2) is 4.98 Å². The normalized spacial score (nSPS) is 10.7. The molecule has 1 aromatic heterocycles. The van der Waals surface area contributed by atoms with Gasteiger partial charge in [-0.2, -0.15) is 0 Å². The molecule has 0 radical (unpaired) electrons. The van der Waals surface area contributed by atoms with Gasteiger partial charge in [-0.05, 0) is 24.3 Å². The van der Waals surface area contributed by atoms with Crippen molar-refractivity contribution in [3.8, 4) is 11.5 Å². The molecule has 0 saturated carbocycles. The minimum atomic E-state index is 0.0294. The number of phenols is 1. The van der Waals surface area contributed by atoms with E-state index in [4.69, 9.17) is 10.5 Å². The molecule has 2 aromatic carbocycles. The molecule has 4 nitrogen and oxygen atoms in total. The number of thiazole rings is 1. The molecule has 0 atom stereocenters. The Morgan fingerprint density at radius 3 is 2.84 bits per heavy atom. The molecule has 1 heterocycles. The number of rotatable bonds is 3. The summed E-state index contributed by atoms with van der Waals surface area (Å²) in [5.41, 5.74) is 6.95. The molecule has 5 heteroatoms. The summed E-state index contributed by atoms with van der Waals surface area (Å²) in [5.74, 6) is 0.501. The summed E-state index contributed by atoms with van der Waals surface area (Å²) < 4.78 is 6.73. The van der Waals surface area contributed by atoms with Crippen molar-refractivity contribution >= 4 is 27.2 Å². The van der Waals surface area contributed by atoms with E-state index >= 15 is 0 Å². The van der Waals surface area contributed by atoms with Crippen LogP contribution in [0.4, 0.5) is 5.69 Å². The summed E-state index contributed by atoms with van der Waals surface area (Å²) in [6.07, 6.45) is 0. The number of aromatic hydroxyl groups is 1. The van der Waals surface area contributed by atoms with Gasteiger partial charge in [0.25, 0.3) is 0 Å². The summed E-state index contributed by atoms with van der Waals surface area (Å²) in [4.78, 5) is 4.47. The molecule has 0 aliphatic carbocycles. The fourth-order valence-electron chi connectivity index (χ4n) is 1.78. The van der Waals surface area contributed by atoms with Gasteiger partial charge in [-0.15, -0.1) is 11.3 Å². The molecule has 3 rings (SSSR count). The van der Waals surface area contributed by atoms with Crippen molar-refractivity contribution in [1.29, 1.82) is 0 Å². The topological polar surface area (TPSA) is 68.4 Å². The quantitative estimate of drug-likeness (QED) is 0.567. The first-order valence-electron chi connectivity index (χ1n) is 5.79. The predicted molar refractivity (Wildman–Crippen MR) is 76.5 cm³/mol. The number of benzene rings is 2.